The number of thioether (sulfide) groups is 1. The molecule has 7 nitrogen and oxygen atoms in total. The quantitative estimate of drug-likeness (QED) is 0.449. The highest BCUT2D eigenvalue weighted by atomic mass is 32.2. The van der Waals surface area contributed by atoms with Crippen molar-refractivity contribution in [3.05, 3.63) is 51.6 Å². The molecule has 1 saturated carbocycles. The fraction of sp³-hybridized carbons (Fsp3) is 0.333. The number of carbonyl (C=O) groups excluding carboxylic acids is 2. The molecular weight excluding hydrogens is 420 g/mol. The number of carbonyl (C=O) groups is 2. The lowest BCUT2D eigenvalue weighted by molar-refractivity contribution is -0.117. The number of benzene rings is 1. The summed E-state index contributed by atoms with van der Waals surface area (Å²) < 4.78 is 1.56. The molecule has 0 unspecified atom stereocenters. The van der Waals surface area contributed by atoms with Crippen LogP contribution in [0.3, 0.4) is 0 Å². The second-order valence-electron chi connectivity index (χ2n) is 7.48. The summed E-state index contributed by atoms with van der Waals surface area (Å²) in [6.07, 6.45) is 2.21. The molecule has 0 radical (unpaired) electrons. The Morgan fingerprint density at radius 2 is 2.00 bits per heavy atom. The first-order valence-corrected chi connectivity index (χ1v) is 11.6. The molecule has 0 bridgehead atoms. The Labute approximate surface area is 181 Å². The van der Waals surface area contributed by atoms with Crippen LogP contribution in [0.1, 0.15) is 38.2 Å². The standard InChI is InChI=1S/C21H22N4O3S2/c1-12(2)22-20(28)23-16(26)11-30-21-24-18-17(15(10-29-18)13-8-9-13)19(27)25(21)14-6-4-3-5-7-14/h3-7,10,12-13H,8-9,11H2,1-2H3,(H2,22,23,26,28). The first-order chi connectivity index (χ1) is 14.4. The van der Waals surface area contributed by atoms with Crippen molar-refractivity contribution in [2.24, 2.45) is 0 Å². The van der Waals surface area contributed by atoms with Gasteiger partial charge in [-0.25, -0.2) is 9.78 Å². The van der Waals surface area contributed by atoms with Gasteiger partial charge in [0.05, 0.1) is 16.8 Å². The third kappa shape index (κ3) is 4.41. The molecule has 156 valence electrons. The van der Waals surface area contributed by atoms with Gasteiger partial charge in [-0.05, 0) is 55.7 Å². The highest BCUT2D eigenvalue weighted by Crippen LogP contribution is 2.44. The van der Waals surface area contributed by atoms with Crippen LogP contribution in [0.4, 0.5) is 4.79 Å². The Balaban J connectivity index is 1.66. The Morgan fingerprint density at radius 1 is 1.27 bits per heavy atom. The highest BCUT2D eigenvalue weighted by molar-refractivity contribution is 7.99. The van der Waals surface area contributed by atoms with Gasteiger partial charge in [-0.1, -0.05) is 30.0 Å². The van der Waals surface area contributed by atoms with E-state index >= 15 is 0 Å². The van der Waals surface area contributed by atoms with Crippen molar-refractivity contribution < 1.29 is 9.59 Å². The lowest BCUT2D eigenvalue weighted by Crippen LogP contribution is -2.43. The van der Waals surface area contributed by atoms with Crippen LogP contribution in [0.25, 0.3) is 15.9 Å². The van der Waals surface area contributed by atoms with Crippen LogP contribution in [0, 0.1) is 0 Å². The van der Waals surface area contributed by atoms with Crippen molar-refractivity contribution in [2.75, 3.05) is 5.75 Å². The van der Waals surface area contributed by atoms with E-state index in [2.05, 4.69) is 10.6 Å². The number of amides is 3. The van der Waals surface area contributed by atoms with E-state index in [4.69, 9.17) is 4.98 Å². The van der Waals surface area contributed by atoms with Gasteiger partial charge in [0.1, 0.15) is 4.83 Å². The SMILES string of the molecule is CC(C)NC(=O)NC(=O)CSc1nc2scc(C3CC3)c2c(=O)n1-c1ccccc1. The largest absolute Gasteiger partial charge is 0.336 e. The minimum absolute atomic E-state index is 0.0306. The van der Waals surface area contributed by atoms with Crippen LogP contribution in [0.15, 0.2) is 45.7 Å². The number of para-hydroxylation sites is 1. The van der Waals surface area contributed by atoms with Crippen molar-refractivity contribution in [2.45, 2.75) is 43.8 Å². The van der Waals surface area contributed by atoms with E-state index in [9.17, 15) is 14.4 Å². The Bertz CT molecular complexity index is 1150. The number of nitrogens with zero attached hydrogens (tertiary/aromatic N) is 2. The maximum absolute atomic E-state index is 13.5. The van der Waals surface area contributed by atoms with E-state index in [1.165, 1.54) is 11.3 Å². The third-order valence-electron chi connectivity index (χ3n) is 4.64. The van der Waals surface area contributed by atoms with Crippen molar-refractivity contribution in [1.29, 1.82) is 0 Å². The van der Waals surface area contributed by atoms with Crippen LogP contribution in [-0.4, -0.2) is 33.3 Å². The number of aromatic nitrogens is 2. The Hall–Kier alpha value is -2.65. The van der Waals surface area contributed by atoms with E-state index in [0.717, 1.165) is 30.2 Å². The molecule has 2 aromatic heterocycles. The maximum Gasteiger partial charge on any atom is 0.321 e. The van der Waals surface area contributed by atoms with Crippen molar-refractivity contribution in [3.63, 3.8) is 0 Å². The second-order valence-corrected chi connectivity index (χ2v) is 9.28. The minimum atomic E-state index is -0.535. The van der Waals surface area contributed by atoms with Gasteiger partial charge in [-0.2, -0.15) is 0 Å². The summed E-state index contributed by atoms with van der Waals surface area (Å²) in [5.74, 6) is -0.0323. The second kappa shape index (κ2) is 8.61. The van der Waals surface area contributed by atoms with Crippen molar-refractivity contribution >= 4 is 45.3 Å². The number of urea groups is 1. The molecular formula is C21H22N4O3S2. The Morgan fingerprint density at radius 3 is 2.67 bits per heavy atom. The fourth-order valence-electron chi connectivity index (χ4n) is 3.18. The zero-order valence-corrected chi connectivity index (χ0v) is 18.3. The minimum Gasteiger partial charge on any atom is -0.336 e. The number of rotatable bonds is 6. The molecule has 3 aromatic rings. The molecule has 1 aliphatic rings. The molecule has 0 atom stereocenters. The summed E-state index contributed by atoms with van der Waals surface area (Å²) in [5.41, 5.74) is 1.66. The average molecular weight is 443 g/mol. The molecule has 30 heavy (non-hydrogen) atoms. The van der Waals surface area contributed by atoms with Gasteiger partial charge in [0.15, 0.2) is 5.16 Å². The predicted octanol–water partition coefficient (Wildman–Crippen LogP) is 3.65. The van der Waals surface area contributed by atoms with Gasteiger partial charge >= 0.3 is 6.03 Å². The van der Waals surface area contributed by atoms with Crippen LogP contribution in [-0.2, 0) is 4.79 Å². The summed E-state index contributed by atoms with van der Waals surface area (Å²) in [4.78, 5) is 42.8. The number of hydrogen-bond donors (Lipinski definition) is 2. The molecule has 2 N–H and O–H groups in total. The van der Waals surface area contributed by atoms with Gasteiger partial charge in [0.25, 0.3) is 5.56 Å². The first kappa shape index (κ1) is 20.6. The van der Waals surface area contributed by atoms with Gasteiger partial charge in [-0.15, -0.1) is 11.3 Å². The molecule has 1 aromatic carbocycles. The summed E-state index contributed by atoms with van der Waals surface area (Å²) in [6.45, 7) is 3.63. The number of imide groups is 1. The zero-order chi connectivity index (χ0) is 21.3. The lowest BCUT2D eigenvalue weighted by atomic mass is 10.1. The van der Waals surface area contributed by atoms with Gasteiger partial charge in [0, 0.05) is 6.04 Å². The number of nitrogens with one attached hydrogen (secondary N) is 2. The Kier molecular flexibility index (Phi) is 5.92. The van der Waals surface area contributed by atoms with E-state index in [-0.39, 0.29) is 17.4 Å². The molecule has 1 aliphatic carbocycles. The molecule has 0 saturated heterocycles. The smallest absolute Gasteiger partial charge is 0.321 e. The van der Waals surface area contributed by atoms with E-state index in [0.29, 0.717) is 27.0 Å². The first-order valence-electron chi connectivity index (χ1n) is 9.76. The summed E-state index contributed by atoms with van der Waals surface area (Å²) in [5, 5.41) is 8.05. The lowest BCUT2D eigenvalue weighted by Gasteiger charge is -2.13. The topological polar surface area (TPSA) is 93.1 Å². The zero-order valence-electron chi connectivity index (χ0n) is 16.7. The average Bonchev–Trinajstić information content (AvgIpc) is 3.45. The number of fused-ring (bicyclic) bond motifs is 1. The molecule has 1 fully saturated rings. The van der Waals surface area contributed by atoms with Gasteiger partial charge in [-0.3, -0.25) is 19.5 Å². The van der Waals surface area contributed by atoms with Crippen LogP contribution < -0.4 is 16.2 Å². The van der Waals surface area contributed by atoms with Crippen LogP contribution >= 0.6 is 23.1 Å². The molecule has 3 amide bonds. The normalized spacial score (nSPS) is 13.6. The molecule has 0 spiro atoms. The molecule has 9 heteroatoms. The summed E-state index contributed by atoms with van der Waals surface area (Å²) >= 11 is 2.60. The molecule has 2 heterocycles. The summed E-state index contributed by atoms with van der Waals surface area (Å²) in [6, 6.07) is 8.69. The van der Waals surface area contributed by atoms with Crippen LogP contribution in [0.5, 0.6) is 0 Å². The highest BCUT2D eigenvalue weighted by Gasteiger charge is 2.29. The fourth-order valence-corrected chi connectivity index (χ4v) is 5.06. The molecule has 4 rings (SSSR count). The van der Waals surface area contributed by atoms with E-state index < -0.39 is 11.9 Å². The predicted molar refractivity (Wildman–Crippen MR) is 120 cm³/mol. The monoisotopic (exact) mass is 442 g/mol. The van der Waals surface area contributed by atoms with Crippen molar-refractivity contribution in [1.82, 2.24) is 20.2 Å². The number of thiophene rings is 1. The van der Waals surface area contributed by atoms with Gasteiger partial charge < -0.3 is 5.32 Å². The van der Waals surface area contributed by atoms with Gasteiger partial charge in [0.2, 0.25) is 5.91 Å². The van der Waals surface area contributed by atoms with E-state index in [1.54, 1.807) is 4.57 Å². The molecule has 0 aliphatic heterocycles. The van der Waals surface area contributed by atoms with Crippen molar-refractivity contribution in [3.8, 4) is 5.69 Å². The maximum atomic E-state index is 13.5. The van der Waals surface area contributed by atoms with Crippen LogP contribution in [0.2, 0.25) is 0 Å². The van der Waals surface area contributed by atoms with E-state index in [1.807, 2.05) is 49.6 Å². The third-order valence-corrected chi connectivity index (χ3v) is 6.47. The number of hydrogen-bond acceptors (Lipinski definition) is 6. The summed E-state index contributed by atoms with van der Waals surface area (Å²) in [7, 11) is 0.